The third kappa shape index (κ3) is 66.6. The molecule has 0 amide bonds. The Labute approximate surface area is 569 Å². The molecule has 5 atom stereocenters. The summed E-state index contributed by atoms with van der Waals surface area (Å²) in [5.41, 5.74) is 0. The van der Waals surface area contributed by atoms with E-state index in [1.54, 1.807) is 0 Å². The molecule has 0 aromatic rings. The Morgan fingerprint density at radius 1 is 0.309 bits per heavy atom. The summed E-state index contributed by atoms with van der Waals surface area (Å²) in [6, 6.07) is 0. The van der Waals surface area contributed by atoms with E-state index in [4.69, 9.17) is 37.0 Å². The largest absolute Gasteiger partial charge is 0.472 e. The summed E-state index contributed by atoms with van der Waals surface area (Å²) < 4.78 is 68.2. The average Bonchev–Trinajstić information content (AvgIpc) is 1.24. The number of rotatable bonds is 68. The van der Waals surface area contributed by atoms with Crippen molar-refractivity contribution in [2.24, 2.45) is 0 Å². The second-order valence-corrected chi connectivity index (χ2v) is 27.0. The predicted octanol–water partition coefficient (Wildman–Crippen LogP) is 20.4. The van der Waals surface area contributed by atoms with Crippen LogP contribution >= 0.6 is 15.6 Å². The van der Waals surface area contributed by atoms with Gasteiger partial charge in [0.2, 0.25) is 0 Å². The van der Waals surface area contributed by atoms with Gasteiger partial charge in [0, 0.05) is 25.7 Å². The first kappa shape index (κ1) is 90.0. The van der Waals surface area contributed by atoms with Crippen LogP contribution in [0, 0.1) is 0 Å². The topological polar surface area (TPSA) is 237 Å². The number of phosphoric acid groups is 2. The van der Waals surface area contributed by atoms with Gasteiger partial charge in [-0.1, -0.05) is 253 Å². The fourth-order valence-electron chi connectivity index (χ4n) is 9.50. The summed E-state index contributed by atoms with van der Waals surface area (Å²) in [7, 11) is -9.95. The highest BCUT2D eigenvalue weighted by Gasteiger charge is 2.30. The minimum absolute atomic E-state index is 0.0754. The fraction of sp³-hybridized carbons (Fsp3) is 0.733. The molecular weight excluding hydrogens is 1230 g/mol. The van der Waals surface area contributed by atoms with Gasteiger partial charge in [-0.2, -0.15) is 0 Å². The molecule has 5 unspecified atom stereocenters. The number of esters is 4. The van der Waals surface area contributed by atoms with Crippen LogP contribution in [0.2, 0.25) is 0 Å². The zero-order valence-electron chi connectivity index (χ0n) is 58.9. The van der Waals surface area contributed by atoms with E-state index in [0.29, 0.717) is 25.7 Å². The Hall–Kier alpha value is -4.02. The summed E-state index contributed by atoms with van der Waals surface area (Å²) in [4.78, 5) is 72.6. The summed E-state index contributed by atoms with van der Waals surface area (Å²) in [6.45, 7) is 4.53. The number of carbonyl (C=O) groups excluding carboxylic acids is 4. The number of carbonyl (C=O) groups is 4. The molecule has 0 aromatic carbocycles. The van der Waals surface area contributed by atoms with Crippen molar-refractivity contribution >= 4 is 39.5 Å². The quantitative estimate of drug-likeness (QED) is 0.0169. The van der Waals surface area contributed by atoms with Crippen molar-refractivity contribution in [2.75, 3.05) is 39.6 Å². The number of hydrogen-bond donors (Lipinski definition) is 3. The highest BCUT2D eigenvalue weighted by atomic mass is 31.2. The number of hydrogen-bond acceptors (Lipinski definition) is 15. The summed E-state index contributed by atoms with van der Waals surface area (Å²) in [5, 5.41) is 10.6. The number of unbranched alkanes of at least 4 members (excludes halogenated alkanes) is 26. The number of allylic oxidation sites excluding steroid dienone is 16. The van der Waals surface area contributed by atoms with Gasteiger partial charge in [0.1, 0.15) is 19.3 Å². The minimum Gasteiger partial charge on any atom is -0.462 e. The van der Waals surface area contributed by atoms with E-state index >= 15 is 0 Å². The Morgan fingerprint density at radius 3 is 0.915 bits per heavy atom. The van der Waals surface area contributed by atoms with Crippen molar-refractivity contribution in [1.29, 1.82) is 0 Å². The first-order chi connectivity index (χ1) is 45.7. The van der Waals surface area contributed by atoms with Crippen LogP contribution in [-0.4, -0.2) is 96.7 Å². The predicted molar refractivity (Wildman–Crippen MR) is 381 cm³/mol. The van der Waals surface area contributed by atoms with Crippen LogP contribution in [-0.2, 0) is 65.4 Å². The molecule has 0 saturated heterocycles. The fourth-order valence-corrected chi connectivity index (χ4v) is 11.1. The lowest BCUT2D eigenvalue weighted by Gasteiger charge is -2.21. The van der Waals surface area contributed by atoms with Crippen LogP contribution in [0.15, 0.2) is 97.2 Å². The Bertz CT molecular complexity index is 2170. The molecule has 0 bridgehead atoms. The Kier molecular flexibility index (Phi) is 64.7. The van der Waals surface area contributed by atoms with Gasteiger partial charge >= 0.3 is 39.5 Å². The van der Waals surface area contributed by atoms with Crippen molar-refractivity contribution in [3.05, 3.63) is 97.2 Å². The third-order valence-electron chi connectivity index (χ3n) is 15.0. The van der Waals surface area contributed by atoms with Crippen LogP contribution in [0.3, 0.4) is 0 Å². The number of phosphoric ester groups is 2. The second-order valence-electron chi connectivity index (χ2n) is 24.1. The van der Waals surface area contributed by atoms with E-state index in [9.17, 15) is 43.2 Å². The van der Waals surface area contributed by atoms with Crippen molar-refractivity contribution in [3.63, 3.8) is 0 Å². The van der Waals surface area contributed by atoms with E-state index in [1.165, 1.54) is 51.4 Å². The van der Waals surface area contributed by atoms with Crippen molar-refractivity contribution in [1.82, 2.24) is 0 Å². The zero-order valence-corrected chi connectivity index (χ0v) is 60.7. The lowest BCUT2D eigenvalue weighted by atomic mass is 10.1. The standard InChI is InChI=1S/C75H130O17P2/c1-5-9-13-17-21-25-29-31-33-34-36-38-42-44-48-52-56-60-73(78)86-66-71(92-75(80)62-58-54-50-46-40-28-24-20-16-12-8-4)68-90-94(83,84)88-64-69(76)63-87-93(81,82)89-67-70(91-74(79)61-57-53-49-45-39-27-23-19-15-11-7-3)65-85-72(77)59-55-51-47-43-41-37-35-32-30-26-22-18-14-10-6-2/h9-10,13-14,19,21-23,25-26,31-33,35,41,43,69-71,76H,5-8,11-12,15-18,20,24,27-30,34,36-40,42,44-68H2,1-4H3,(H,81,82)(H,83,84)/b13-9-,14-10-,23-19-,25-21-,26-22-,33-31-,35-32-,43-41-. The number of ether oxygens (including phenoxy) is 4. The van der Waals surface area contributed by atoms with Crippen LogP contribution < -0.4 is 0 Å². The minimum atomic E-state index is -4.98. The molecule has 0 aliphatic heterocycles. The molecule has 19 heteroatoms. The molecule has 0 rings (SSSR count). The maximum atomic E-state index is 13.0. The van der Waals surface area contributed by atoms with Gasteiger partial charge in [0.25, 0.3) is 0 Å². The van der Waals surface area contributed by atoms with Crippen LogP contribution in [0.4, 0.5) is 0 Å². The monoisotopic (exact) mass is 1360 g/mol. The van der Waals surface area contributed by atoms with Crippen molar-refractivity contribution in [3.8, 4) is 0 Å². The normalized spacial score (nSPS) is 14.6. The van der Waals surface area contributed by atoms with E-state index in [-0.39, 0.29) is 25.7 Å². The van der Waals surface area contributed by atoms with Gasteiger partial charge in [0.15, 0.2) is 12.2 Å². The summed E-state index contributed by atoms with van der Waals surface area (Å²) in [5.74, 6) is -2.23. The smallest absolute Gasteiger partial charge is 0.462 e. The molecule has 0 fully saturated rings. The first-order valence-corrected chi connectivity index (χ1v) is 39.5. The van der Waals surface area contributed by atoms with Gasteiger partial charge < -0.3 is 33.8 Å². The molecule has 0 saturated carbocycles. The van der Waals surface area contributed by atoms with Gasteiger partial charge in [0.05, 0.1) is 26.4 Å². The second kappa shape index (κ2) is 67.5. The molecule has 0 aliphatic carbocycles. The van der Waals surface area contributed by atoms with E-state index < -0.39 is 97.5 Å². The molecule has 0 aliphatic rings. The lowest BCUT2D eigenvalue weighted by molar-refractivity contribution is -0.161. The zero-order chi connectivity index (χ0) is 69.0. The van der Waals surface area contributed by atoms with Crippen LogP contribution in [0.5, 0.6) is 0 Å². The maximum absolute atomic E-state index is 13.0. The van der Waals surface area contributed by atoms with Gasteiger partial charge in [-0.25, -0.2) is 9.13 Å². The highest BCUT2D eigenvalue weighted by molar-refractivity contribution is 7.47. The summed E-state index contributed by atoms with van der Waals surface area (Å²) in [6.07, 6.45) is 68.5. The average molecular weight is 1370 g/mol. The van der Waals surface area contributed by atoms with Crippen molar-refractivity contribution in [2.45, 2.75) is 316 Å². The van der Waals surface area contributed by atoms with Gasteiger partial charge in [-0.15, -0.1) is 0 Å². The molecule has 542 valence electrons. The molecule has 0 spiro atoms. The molecule has 17 nitrogen and oxygen atoms in total. The molecular formula is C75H130O17P2. The highest BCUT2D eigenvalue weighted by Crippen LogP contribution is 2.45. The lowest BCUT2D eigenvalue weighted by Crippen LogP contribution is -2.30. The maximum Gasteiger partial charge on any atom is 0.472 e. The van der Waals surface area contributed by atoms with E-state index in [0.717, 1.165) is 167 Å². The molecule has 0 radical (unpaired) electrons. The van der Waals surface area contributed by atoms with Gasteiger partial charge in [-0.05, 0) is 116 Å². The van der Waals surface area contributed by atoms with Gasteiger partial charge in [-0.3, -0.25) is 37.3 Å². The van der Waals surface area contributed by atoms with E-state index in [1.807, 2.05) is 0 Å². The van der Waals surface area contributed by atoms with Crippen LogP contribution in [0.25, 0.3) is 0 Å². The SMILES string of the molecule is CC/C=C\C/C=C\C/C=C\C/C=C\CCCCC(=O)OCC(COP(=O)(O)OCC(O)COP(=O)(O)OCC(COC(=O)CCCCCCCCC/C=C\C/C=C\C/C=C\CC)OC(=O)CCCCCCCCCCCCC)OC(=O)CCCCCCC/C=C\CCCC. The summed E-state index contributed by atoms with van der Waals surface area (Å²) >= 11 is 0. The van der Waals surface area contributed by atoms with Crippen molar-refractivity contribution < 1.29 is 80.2 Å². The van der Waals surface area contributed by atoms with Crippen LogP contribution in [0.1, 0.15) is 297 Å². The molecule has 0 aromatic heterocycles. The molecule has 0 heterocycles. The molecule has 3 N–H and O–H groups in total. The first-order valence-electron chi connectivity index (χ1n) is 36.5. The Balaban J connectivity index is 5.32. The number of aliphatic hydroxyl groups is 1. The number of aliphatic hydroxyl groups excluding tert-OH is 1. The van der Waals surface area contributed by atoms with E-state index in [2.05, 4.69) is 125 Å². The third-order valence-corrected chi connectivity index (χ3v) is 16.9. The Morgan fingerprint density at radius 2 is 0.564 bits per heavy atom. The molecule has 94 heavy (non-hydrogen) atoms.